The van der Waals surface area contributed by atoms with E-state index in [0.717, 1.165) is 4.88 Å². The van der Waals surface area contributed by atoms with E-state index in [1.807, 2.05) is 17.5 Å². The number of amides is 1. The lowest BCUT2D eigenvalue weighted by Gasteiger charge is -1.99. The van der Waals surface area contributed by atoms with Crippen molar-refractivity contribution in [3.63, 3.8) is 0 Å². The highest BCUT2D eigenvalue weighted by atomic mass is 32.1. The molecule has 0 spiro atoms. The van der Waals surface area contributed by atoms with Gasteiger partial charge in [0.1, 0.15) is 0 Å². The first-order valence-electron chi connectivity index (χ1n) is 3.31. The lowest BCUT2D eigenvalue weighted by atomic mass is 10.3. The van der Waals surface area contributed by atoms with E-state index >= 15 is 0 Å². The molecule has 0 atom stereocenters. The molecule has 0 aliphatic carbocycles. The maximum Gasteiger partial charge on any atom is 0.239 e. The molecular weight excluding hydrogens is 160 g/mol. The summed E-state index contributed by atoms with van der Waals surface area (Å²) in [5, 5.41) is 1.96. The summed E-state index contributed by atoms with van der Waals surface area (Å²) >= 11 is 1.59. The van der Waals surface area contributed by atoms with Gasteiger partial charge in [-0.3, -0.25) is 10.2 Å². The van der Waals surface area contributed by atoms with Crippen LogP contribution in [0.4, 0.5) is 0 Å². The molecule has 1 heterocycles. The molecule has 2 N–H and O–H groups in total. The smallest absolute Gasteiger partial charge is 0.239 e. The molecule has 1 rings (SSSR count). The number of carbonyl (C=O) groups excluding carboxylic acids is 1. The first kappa shape index (κ1) is 8.23. The van der Waals surface area contributed by atoms with Crippen LogP contribution in [0.2, 0.25) is 0 Å². The minimum atomic E-state index is -0.00468. The highest BCUT2D eigenvalue weighted by Gasteiger charge is 2.00. The van der Waals surface area contributed by atoms with Gasteiger partial charge in [0.05, 0.1) is 6.42 Å². The van der Waals surface area contributed by atoms with Gasteiger partial charge in [0.15, 0.2) is 0 Å². The van der Waals surface area contributed by atoms with Gasteiger partial charge in [0.25, 0.3) is 0 Å². The van der Waals surface area contributed by atoms with Crippen molar-refractivity contribution >= 4 is 17.2 Å². The molecule has 0 saturated heterocycles. The molecule has 0 aliphatic rings. The van der Waals surface area contributed by atoms with E-state index in [4.69, 9.17) is 0 Å². The maximum absolute atomic E-state index is 10.9. The SMILES string of the molecule is CNNC(=O)Cc1cccs1. The topological polar surface area (TPSA) is 41.1 Å². The minimum Gasteiger partial charge on any atom is -0.292 e. The number of hydrazine groups is 1. The van der Waals surface area contributed by atoms with Crippen molar-refractivity contribution < 1.29 is 4.79 Å². The molecule has 0 unspecified atom stereocenters. The highest BCUT2D eigenvalue weighted by Crippen LogP contribution is 2.08. The second-order valence-electron chi connectivity index (χ2n) is 2.05. The standard InChI is InChI=1S/C7H10N2OS/c1-8-9-7(10)5-6-3-2-4-11-6/h2-4,8H,5H2,1H3,(H,9,10). The predicted molar refractivity (Wildman–Crippen MR) is 45.2 cm³/mol. The van der Waals surface area contributed by atoms with Crippen molar-refractivity contribution in [2.45, 2.75) is 6.42 Å². The van der Waals surface area contributed by atoms with E-state index in [1.165, 1.54) is 0 Å². The van der Waals surface area contributed by atoms with Crippen molar-refractivity contribution in [3.8, 4) is 0 Å². The average molecular weight is 170 g/mol. The summed E-state index contributed by atoms with van der Waals surface area (Å²) in [6.07, 6.45) is 0.457. The summed E-state index contributed by atoms with van der Waals surface area (Å²) in [7, 11) is 1.67. The summed E-state index contributed by atoms with van der Waals surface area (Å²) in [5.41, 5.74) is 5.09. The fraction of sp³-hybridized carbons (Fsp3) is 0.286. The van der Waals surface area contributed by atoms with E-state index in [-0.39, 0.29) is 5.91 Å². The Balaban J connectivity index is 2.37. The molecule has 60 valence electrons. The third kappa shape index (κ3) is 2.69. The average Bonchev–Trinajstić information content (AvgIpc) is 2.40. The van der Waals surface area contributed by atoms with E-state index in [1.54, 1.807) is 18.4 Å². The molecular formula is C7H10N2OS. The van der Waals surface area contributed by atoms with Crippen LogP contribution in [0.3, 0.4) is 0 Å². The van der Waals surface area contributed by atoms with Crippen LogP contribution < -0.4 is 10.9 Å². The Morgan fingerprint density at radius 1 is 1.73 bits per heavy atom. The van der Waals surface area contributed by atoms with Crippen LogP contribution in [0.5, 0.6) is 0 Å². The second-order valence-corrected chi connectivity index (χ2v) is 3.09. The quantitative estimate of drug-likeness (QED) is 0.650. The van der Waals surface area contributed by atoms with Gasteiger partial charge < -0.3 is 0 Å². The maximum atomic E-state index is 10.9. The number of carbonyl (C=O) groups is 1. The number of hydrogen-bond acceptors (Lipinski definition) is 3. The van der Waals surface area contributed by atoms with Crippen LogP contribution in [0.25, 0.3) is 0 Å². The largest absolute Gasteiger partial charge is 0.292 e. The number of thiophene rings is 1. The van der Waals surface area contributed by atoms with Crippen molar-refractivity contribution in [1.82, 2.24) is 10.9 Å². The van der Waals surface area contributed by atoms with Crippen LogP contribution in [0.1, 0.15) is 4.88 Å². The molecule has 1 amide bonds. The Morgan fingerprint density at radius 2 is 2.55 bits per heavy atom. The van der Waals surface area contributed by atoms with Gasteiger partial charge in [-0.05, 0) is 11.4 Å². The third-order valence-electron chi connectivity index (χ3n) is 1.18. The Kier molecular flexibility index (Phi) is 3.07. The fourth-order valence-corrected chi connectivity index (χ4v) is 1.46. The molecule has 0 saturated carbocycles. The Bertz CT molecular complexity index is 220. The van der Waals surface area contributed by atoms with Crippen LogP contribution >= 0.6 is 11.3 Å². The molecule has 3 nitrogen and oxygen atoms in total. The molecule has 1 aromatic heterocycles. The van der Waals surface area contributed by atoms with Crippen molar-refractivity contribution in [1.29, 1.82) is 0 Å². The Labute approximate surface area is 69.4 Å². The zero-order chi connectivity index (χ0) is 8.10. The molecule has 0 bridgehead atoms. The van der Waals surface area contributed by atoms with E-state index in [9.17, 15) is 4.79 Å². The number of nitrogens with one attached hydrogen (secondary N) is 2. The first-order valence-corrected chi connectivity index (χ1v) is 4.19. The lowest BCUT2D eigenvalue weighted by molar-refractivity contribution is -0.121. The minimum absolute atomic E-state index is 0.00468. The van der Waals surface area contributed by atoms with E-state index in [2.05, 4.69) is 10.9 Å². The van der Waals surface area contributed by atoms with Crippen molar-refractivity contribution in [2.75, 3.05) is 7.05 Å². The zero-order valence-corrected chi connectivity index (χ0v) is 7.07. The monoisotopic (exact) mass is 170 g/mol. The van der Waals surface area contributed by atoms with Crippen molar-refractivity contribution in [2.24, 2.45) is 0 Å². The number of rotatable bonds is 3. The molecule has 0 aliphatic heterocycles. The normalized spacial score (nSPS) is 9.55. The van der Waals surface area contributed by atoms with E-state index < -0.39 is 0 Å². The van der Waals surface area contributed by atoms with Crippen LogP contribution in [-0.2, 0) is 11.2 Å². The molecule has 0 fully saturated rings. The summed E-state index contributed by atoms with van der Waals surface area (Å²) in [5.74, 6) is -0.00468. The number of hydrogen-bond donors (Lipinski definition) is 2. The summed E-state index contributed by atoms with van der Waals surface area (Å²) in [6.45, 7) is 0. The summed E-state index contributed by atoms with van der Waals surface area (Å²) in [4.78, 5) is 12.0. The predicted octanol–water partition coefficient (Wildman–Crippen LogP) is 0.541. The third-order valence-corrected chi connectivity index (χ3v) is 2.06. The van der Waals surface area contributed by atoms with Crippen LogP contribution in [-0.4, -0.2) is 13.0 Å². The van der Waals surface area contributed by atoms with Crippen LogP contribution in [0, 0.1) is 0 Å². The van der Waals surface area contributed by atoms with Gasteiger partial charge in [-0.2, -0.15) is 0 Å². The van der Waals surface area contributed by atoms with Gasteiger partial charge in [-0.1, -0.05) is 6.07 Å². The van der Waals surface area contributed by atoms with Gasteiger partial charge in [0, 0.05) is 11.9 Å². The summed E-state index contributed by atoms with van der Waals surface area (Å²) < 4.78 is 0. The molecule has 1 aromatic rings. The van der Waals surface area contributed by atoms with Gasteiger partial charge in [0.2, 0.25) is 5.91 Å². The molecule has 4 heteroatoms. The highest BCUT2D eigenvalue weighted by molar-refractivity contribution is 7.10. The second kappa shape index (κ2) is 4.10. The fourth-order valence-electron chi connectivity index (χ4n) is 0.755. The molecule has 11 heavy (non-hydrogen) atoms. The lowest BCUT2D eigenvalue weighted by Crippen LogP contribution is -2.35. The van der Waals surface area contributed by atoms with Gasteiger partial charge in [-0.25, -0.2) is 5.43 Å². The van der Waals surface area contributed by atoms with Gasteiger partial charge >= 0.3 is 0 Å². The first-order chi connectivity index (χ1) is 5.33. The molecule has 0 radical (unpaired) electrons. The zero-order valence-electron chi connectivity index (χ0n) is 6.26. The van der Waals surface area contributed by atoms with E-state index in [0.29, 0.717) is 6.42 Å². The Hall–Kier alpha value is -0.870. The van der Waals surface area contributed by atoms with Crippen LogP contribution in [0.15, 0.2) is 17.5 Å². The summed E-state index contributed by atoms with van der Waals surface area (Å²) in [6, 6.07) is 3.88. The van der Waals surface area contributed by atoms with Crippen molar-refractivity contribution in [3.05, 3.63) is 22.4 Å². The Morgan fingerprint density at radius 3 is 3.09 bits per heavy atom. The molecule has 0 aromatic carbocycles. The van der Waals surface area contributed by atoms with Gasteiger partial charge in [-0.15, -0.1) is 11.3 Å².